The van der Waals surface area contributed by atoms with E-state index in [4.69, 9.17) is 0 Å². The first-order chi connectivity index (χ1) is 9.24. The number of carboxylic acid groups (broad SMARTS) is 1. The molecular formula is C15H18N2O2. The normalized spacial score (nSPS) is 21.2. The van der Waals surface area contributed by atoms with Crippen molar-refractivity contribution in [1.82, 2.24) is 4.98 Å². The molecule has 1 heterocycles. The summed E-state index contributed by atoms with van der Waals surface area (Å²) >= 11 is 0. The van der Waals surface area contributed by atoms with Crippen LogP contribution < -0.4 is 5.32 Å². The number of aromatic nitrogens is 1. The number of anilines is 1. The van der Waals surface area contributed by atoms with Crippen LogP contribution >= 0.6 is 0 Å². The molecule has 1 aromatic rings. The van der Waals surface area contributed by atoms with Crippen molar-refractivity contribution < 1.29 is 9.90 Å². The first-order valence-corrected chi connectivity index (χ1v) is 6.91. The van der Waals surface area contributed by atoms with Crippen LogP contribution in [0.5, 0.6) is 0 Å². The zero-order valence-electron chi connectivity index (χ0n) is 10.9. The molecule has 4 heteroatoms. The molecule has 1 unspecified atom stereocenters. The Morgan fingerprint density at radius 2 is 2.26 bits per heavy atom. The maximum absolute atomic E-state index is 11.4. The number of fused-ring (bicyclic) bond motifs is 1. The minimum Gasteiger partial charge on any atom is -0.478 e. The van der Waals surface area contributed by atoms with Gasteiger partial charge in [0.25, 0.3) is 0 Å². The fourth-order valence-corrected chi connectivity index (χ4v) is 2.86. The molecule has 0 aromatic carbocycles. The molecule has 0 radical (unpaired) electrons. The van der Waals surface area contributed by atoms with Crippen LogP contribution in [0.3, 0.4) is 0 Å². The predicted octanol–water partition coefficient (Wildman–Crippen LogP) is 2.79. The molecule has 0 amide bonds. The maximum atomic E-state index is 11.4. The molecule has 0 saturated heterocycles. The average Bonchev–Trinajstić information content (AvgIpc) is 2.86. The largest absolute Gasteiger partial charge is 0.478 e. The van der Waals surface area contributed by atoms with Gasteiger partial charge in [0, 0.05) is 11.7 Å². The van der Waals surface area contributed by atoms with Crippen LogP contribution in [0.25, 0.3) is 0 Å². The summed E-state index contributed by atoms with van der Waals surface area (Å²) in [5.74, 6) is -0.343. The predicted molar refractivity (Wildman–Crippen MR) is 73.6 cm³/mol. The van der Waals surface area contributed by atoms with Gasteiger partial charge in [0.15, 0.2) is 0 Å². The highest BCUT2D eigenvalue weighted by Crippen LogP contribution is 2.27. The van der Waals surface area contributed by atoms with Crippen molar-refractivity contribution in [3.8, 4) is 0 Å². The lowest BCUT2D eigenvalue weighted by Gasteiger charge is -2.21. The van der Waals surface area contributed by atoms with Gasteiger partial charge in [-0.2, -0.15) is 0 Å². The minimum absolute atomic E-state index is 0.301. The number of carboxylic acids is 1. The lowest BCUT2D eigenvalue weighted by atomic mass is 10.0. The smallest absolute Gasteiger partial charge is 0.339 e. The number of rotatable bonds is 3. The molecule has 2 aliphatic carbocycles. The Bertz CT molecular complexity index is 537. The molecule has 1 atom stereocenters. The van der Waals surface area contributed by atoms with Gasteiger partial charge in [-0.05, 0) is 50.2 Å². The van der Waals surface area contributed by atoms with Crippen LogP contribution in [0, 0.1) is 0 Å². The van der Waals surface area contributed by atoms with Crippen LogP contribution in [-0.2, 0) is 12.8 Å². The van der Waals surface area contributed by atoms with Crippen LogP contribution in [0.4, 0.5) is 5.82 Å². The van der Waals surface area contributed by atoms with Gasteiger partial charge in [-0.25, -0.2) is 9.78 Å². The second-order valence-corrected chi connectivity index (χ2v) is 5.27. The molecule has 0 saturated carbocycles. The fraction of sp³-hybridized carbons (Fsp3) is 0.467. The van der Waals surface area contributed by atoms with Gasteiger partial charge in [-0.3, -0.25) is 0 Å². The summed E-state index contributed by atoms with van der Waals surface area (Å²) in [6.07, 6.45) is 10.3. The number of nitrogens with one attached hydrogen (secondary N) is 1. The molecule has 2 aliphatic rings. The number of hydrogen-bond donors (Lipinski definition) is 2. The Labute approximate surface area is 112 Å². The second kappa shape index (κ2) is 5.03. The minimum atomic E-state index is -0.893. The third-order valence-corrected chi connectivity index (χ3v) is 3.89. The third kappa shape index (κ3) is 2.48. The zero-order chi connectivity index (χ0) is 13.2. The molecule has 0 aliphatic heterocycles. The lowest BCUT2D eigenvalue weighted by molar-refractivity contribution is 0.0697. The summed E-state index contributed by atoms with van der Waals surface area (Å²) in [5.41, 5.74) is 2.49. The average molecular weight is 258 g/mol. The molecule has 0 spiro atoms. The molecule has 3 rings (SSSR count). The second-order valence-electron chi connectivity index (χ2n) is 5.27. The molecule has 4 nitrogen and oxygen atoms in total. The molecule has 1 aromatic heterocycles. The molecule has 0 bridgehead atoms. The van der Waals surface area contributed by atoms with Crippen molar-refractivity contribution in [2.75, 3.05) is 5.32 Å². The number of allylic oxidation sites excluding steroid dienone is 1. The van der Waals surface area contributed by atoms with E-state index >= 15 is 0 Å². The number of aryl methyl sites for hydroxylation is 2. The van der Waals surface area contributed by atoms with Crippen LogP contribution in [-0.4, -0.2) is 22.1 Å². The van der Waals surface area contributed by atoms with E-state index in [1.807, 2.05) is 0 Å². The molecule has 19 heavy (non-hydrogen) atoms. The number of hydrogen-bond acceptors (Lipinski definition) is 3. The van der Waals surface area contributed by atoms with E-state index < -0.39 is 5.97 Å². The van der Waals surface area contributed by atoms with Crippen molar-refractivity contribution >= 4 is 11.8 Å². The Balaban J connectivity index is 1.90. The van der Waals surface area contributed by atoms with Gasteiger partial charge < -0.3 is 10.4 Å². The van der Waals surface area contributed by atoms with Gasteiger partial charge >= 0.3 is 5.97 Å². The Hall–Kier alpha value is -1.84. The van der Waals surface area contributed by atoms with Gasteiger partial charge in [0.2, 0.25) is 0 Å². The highest BCUT2D eigenvalue weighted by Gasteiger charge is 2.21. The third-order valence-electron chi connectivity index (χ3n) is 3.89. The summed E-state index contributed by atoms with van der Waals surface area (Å²) in [7, 11) is 0. The molecule has 0 fully saturated rings. The number of carbonyl (C=O) groups is 1. The van der Waals surface area contributed by atoms with E-state index in [1.54, 1.807) is 6.07 Å². The number of aromatic carboxylic acids is 1. The Morgan fingerprint density at radius 3 is 3.00 bits per heavy atom. The van der Waals surface area contributed by atoms with Crippen molar-refractivity contribution in [3.05, 3.63) is 35.0 Å². The Morgan fingerprint density at radius 1 is 1.37 bits per heavy atom. The Kier molecular flexibility index (Phi) is 3.23. The first-order valence-electron chi connectivity index (χ1n) is 6.91. The SMILES string of the molecule is O=C(O)c1cc2c(nc1NC1CC=CCC1)CCC2. The van der Waals surface area contributed by atoms with Gasteiger partial charge in [0.05, 0.1) is 0 Å². The standard InChI is InChI=1S/C15H18N2O2/c18-15(19)12-9-10-5-4-8-13(10)17-14(12)16-11-6-2-1-3-7-11/h1-2,9,11H,3-8H2,(H,16,17)(H,18,19). The van der Waals surface area contributed by atoms with E-state index in [9.17, 15) is 9.90 Å². The summed E-state index contributed by atoms with van der Waals surface area (Å²) in [5, 5.41) is 12.6. The van der Waals surface area contributed by atoms with E-state index in [0.717, 1.165) is 49.8 Å². The van der Waals surface area contributed by atoms with E-state index in [1.165, 1.54) is 0 Å². The number of nitrogens with zero attached hydrogens (tertiary/aromatic N) is 1. The zero-order valence-corrected chi connectivity index (χ0v) is 10.9. The molecule has 100 valence electrons. The maximum Gasteiger partial charge on any atom is 0.339 e. The quantitative estimate of drug-likeness (QED) is 0.818. The number of pyridine rings is 1. The van der Waals surface area contributed by atoms with Crippen LogP contribution in [0.15, 0.2) is 18.2 Å². The first kappa shape index (κ1) is 12.2. The molecular weight excluding hydrogens is 240 g/mol. The highest BCUT2D eigenvalue weighted by molar-refractivity contribution is 5.93. The van der Waals surface area contributed by atoms with Crippen LogP contribution in [0.1, 0.15) is 47.3 Å². The van der Waals surface area contributed by atoms with E-state index in [0.29, 0.717) is 17.4 Å². The van der Waals surface area contributed by atoms with Crippen molar-refractivity contribution in [3.63, 3.8) is 0 Å². The van der Waals surface area contributed by atoms with Gasteiger partial charge in [0.1, 0.15) is 11.4 Å². The summed E-state index contributed by atoms with van der Waals surface area (Å²) in [6.45, 7) is 0. The monoisotopic (exact) mass is 258 g/mol. The lowest BCUT2D eigenvalue weighted by Crippen LogP contribution is -2.23. The van der Waals surface area contributed by atoms with Crippen molar-refractivity contribution in [1.29, 1.82) is 0 Å². The van der Waals surface area contributed by atoms with Gasteiger partial charge in [-0.15, -0.1) is 0 Å². The van der Waals surface area contributed by atoms with Crippen molar-refractivity contribution in [2.45, 2.75) is 44.6 Å². The van der Waals surface area contributed by atoms with Gasteiger partial charge in [-0.1, -0.05) is 12.2 Å². The van der Waals surface area contributed by atoms with E-state index in [2.05, 4.69) is 22.5 Å². The van der Waals surface area contributed by atoms with Crippen molar-refractivity contribution in [2.24, 2.45) is 0 Å². The summed E-state index contributed by atoms with van der Waals surface area (Å²) in [4.78, 5) is 15.9. The molecule has 2 N–H and O–H groups in total. The topological polar surface area (TPSA) is 62.2 Å². The fourth-order valence-electron chi connectivity index (χ4n) is 2.86. The highest BCUT2D eigenvalue weighted by atomic mass is 16.4. The van der Waals surface area contributed by atoms with E-state index in [-0.39, 0.29) is 0 Å². The summed E-state index contributed by atoms with van der Waals surface area (Å²) in [6, 6.07) is 2.11. The summed E-state index contributed by atoms with van der Waals surface area (Å²) < 4.78 is 0. The van der Waals surface area contributed by atoms with Crippen LogP contribution in [0.2, 0.25) is 0 Å².